The Labute approximate surface area is 111 Å². The molecule has 0 saturated carbocycles. The molecule has 0 aromatic carbocycles. The van der Waals surface area contributed by atoms with Gasteiger partial charge in [-0.1, -0.05) is 30.0 Å². The normalized spacial score (nSPS) is 10.4. The van der Waals surface area contributed by atoms with Crippen molar-refractivity contribution in [3.63, 3.8) is 0 Å². The lowest BCUT2D eigenvalue weighted by Gasteiger charge is -1.96. The van der Waals surface area contributed by atoms with E-state index in [-0.39, 0.29) is 5.91 Å². The van der Waals surface area contributed by atoms with Crippen LogP contribution in [0.25, 0.3) is 0 Å². The average molecular weight is 285 g/mol. The molecular formula is C10H11N3OS3. The van der Waals surface area contributed by atoms with E-state index in [9.17, 15) is 4.79 Å². The maximum Gasteiger partial charge on any atom is 0.258 e. The van der Waals surface area contributed by atoms with E-state index in [0.717, 1.165) is 16.5 Å². The molecule has 0 atom stereocenters. The van der Waals surface area contributed by atoms with Crippen LogP contribution in [-0.2, 0) is 0 Å². The standard InChI is InChI=1S/C10H11N3OS3/c1-2-4-16-10-13-12-9(17-10)11-8(14)7-3-5-15-6-7/h3,5-6H,2,4H2,1H3,(H,11,12,14). The van der Waals surface area contributed by atoms with Gasteiger partial charge in [0, 0.05) is 11.1 Å². The zero-order valence-corrected chi connectivity index (χ0v) is 11.6. The first-order chi connectivity index (χ1) is 8.29. The van der Waals surface area contributed by atoms with Gasteiger partial charge in [-0.2, -0.15) is 11.3 Å². The van der Waals surface area contributed by atoms with Crippen molar-refractivity contribution >= 4 is 45.5 Å². The topological polar surface area (TPSA) is 54.9 Å². The first-order valence-corrected chi connectivity index (χ1v) is 7.84. The van der Waals surface area contributed by atoms with E-state index in [1.807, 2.05) is 10.8 Å². The molecule has 2 aromatic heterocycles. The summed E-state index contributed by atoms with van der Waals surface area (Å²) in [7, 11) is 0. The summed E-state index contributed by atoms with van der Waals surface area (Å²) in [5, 5.41) is 14.9. The molecule has 1 N–H and O–H groups in total. The first-order valence-electron chi connectivity index (χ1n) is 5.09. The number of hydrogen-bond donors (Lipinski definition) is 1. The Hall–Kier alpha value is -0.920. The smallest absolute Gasteiger partial charge is 0.258 e. The highest BCUT2D eigenvalue weighted by atomic mass is 32.2. The second kappa shape index (κ2) is 6.13. The van der Waals surface area contributed by atoms with Crippen molar-refractivity contribution in [2.45, 2.75) is 17.7 Å². The third-order valence-corrected chi connectivity index (χ3v) is 4.70. The van der Waals surface area contributed by atoms with Gasteiger partial charge in [-0.3, -0.25) is 10.1 Å². The van der Waals surface area contributed by atoms with E-state index in [1.54, 1.807) is 17.8 Å². The van der Waals surface area contributed by atoms with Gasteiger partial charge in [0.2, 0.25) is 5.13 Å². The SMILES string of the molecule is CCCSc1nnc(NC(=O)c2ccsc2)s1. The van der Waals surface area contributed by atoms with Gasteiger partial charge in [-0.25, -0.2) is 0 Å². The quantitative estimate of drug-likeness (QED) is 0.676. The molecule has 0 saturated heterocycles. The molecule has 2 heterocycles. The summed E-state index contributed by atoms with van der Waals surface area (Å²) in [5.41, 5.74) is 0.660. The Balaban J connectivity index is 1.95. The Morgan fingerprint density at radius 2 is 2.41 bits per heavy atom. The molecule has 17 heavy (non-hydrogen) atoms. The van der Waals surface area contributed by atoms with Crippen LogP contribution in [-0.4, -0.2) is 21.9 Å². The van der Waals surface area contributed by atoms with Crippen LogP contribution in [0.2, 0.25) is 0 Å². The molecule has 4 nitrogen and oxygen atoms in total. The molecule has 90 valence electrons. The molecule has 0 bridgehead atoms. The van der Waals surface area contributed by atoms with Gasteiger partial charge < -0.3 is 0 Å². The number of thioether (sulfide) groups is 1. The molecule has 0 radical (unpaired) electrons. The van der Waals surface area contributed by atoms with Crippen molar-refractivity contribution in [2.75, 3.05) is 11.1 Å². The average Bonchev–Trinajstić information content (AvgIpc) is 2.97. The Bertz CT molecular complexity index is 481. The van der Waals surface area contributed by atoms with Gasteiger partial charge >= 0.3 is 0 Å². The minimum atomic E-state index is -0.130. The summed E-state index contributed by atoms with van der Waals surface area (Å²) < 4.78 is 0.896. The summed E-state index contributed by atoms with van der Waals surface area (Å²) in [6, 6.07) is 1.79. The van der Waals surface area contributed by atoms with Crippen molar-refractivity contribution in [1.82, 2.24) is 10.2 Å². The molecule has 7 heteroatoms. The van der Waals surface area contributed by atoms with Crippen LogP contribution in [0.3, 0.4) is 0 Å². The molecule has 0 aliphatic rings. The summed E-state index contributed by atoms with van der Waals surface area (Å²) in [6.45, 7) is 2.12. The van der Waals surface area contributed by atoms with E-state index in [4.69, 9.17) is 0 Å². The molecule has 0 spiro atoms. The summed E-state index contributed by atoms with van der Waals surface area (Å²) in [5.74, 6) is 0.891. The maximum absolute atomic E-state index is 11.7. The van der Waals surface area contributed by atoms with Gasteiger partial charge in [0.15, 0.2) is 4.34 Å². The van der Waals surface area contributed by atoms with Crippen LogP contribution in [0.4, 0.5) is 5.13 Å². The Kier molecular flexibility index (Phi) is 4.52. The summed E-state index contributed by atoms with van der Waals surface area (Å²) in [6.07, 6.45) is 1.10. The lowest BCUT2D eigenvalue weighted by atomic mass is 10.3. The van der Waals surface area contributed by atoms with Gasteiger partial charge in [0.25, 0.3) is 5.91 Å². The van der Waals surface area contributed by atoms with Crippen molar-refractivity contribution in [1.29, 1.82) is 0 Å². The fourth-order valence-electron chi connectivity index (χ4n) is 1.07. The monoisotopic (exact) mass is 285 g/mol. The highest BCUT2D eigenvalue weighted by Gasteiger charge is 2.10. The highest BCUT2D eigenvalue weighted by molar-refractivity contribution is 8.01. The van der Waals surface area contributed by atoms with Gasteiger partial charge in [0.1, 0.15) is 0 Å². The fraction of sp³-hybridized carbons (Fsp3) is 0.300. The van der Waals surface area contributed by atoms with E-state index in [0.29, 0.717) is 10.7 Å². The summed E-state index contributed by atoms with van der Waals surface area (Å²) in [4.78, 5) is 11.7. The number of nitrogens with one attached hydrogen (secondary N) is 1. The predicted octanol–water partition coefficient (Wildman–Crippen LogP) is 3.35. The van der Waals surface area contributed by atoms with Gasteiger partial charge in [-0.05, 0) is 17.9 Å². The van der Waals surface area contributed by atoms with E-state index in [1.165, 1.54) is 22.7 Å². The zero-order chi connectivity index (χ0) is 12.1. The van der Waals surface area contributed by atoms with Crippen LogP contribution >= 0.6 is 34.4 Å². The number of rotatable bonds is 5. The fourth-order valence-corrected chi connectivity index (χ4v) is 3.38. The van der Waals surface area contributed by atoms with E-state index >= 15 is 0 Å². The molecule has 1 amide bonds. The van der Waals surface area contributed by atoms with E-state index < -0.39 is 0 Å². The van der Waals surface area contributed by atoms with Crippen LogP contribution in [0, 0.1) is 0 Å². The lowest BCUT2D eigenvalue weighted by Crippen LogP contribution is -2.10. The first kappa shape index (κ1) is 12.5. The van der Waals surface area contributed by atoms with Crippen LogP contribution < -0.4 is 5.32 Å². The van der Waals surface area contributed by atoms with Gasteiger partial charge in [-0.15, -0.1) is 10.2 Å². The van der Waals surface area contributed by atoms with Crippen molar-refractivity contribution in [3.05, 3.63) is 22.4 Å². The minimum Gasteiger partial charge on any atom is -0.296 e. The van der Waals surface area contributed by atoms with Crippen LogP contribution in [0.5, 0.6) is 0 Å². The van der Waals surface area contributed by atoms with Crippen molar-refractivity contribution in [2.24, 2.45) is 0 Å². The number of anilines is 1. The van der Waals surface area contributed by atoms with Crippen molar-refractivity contribution < 1.29 is 4.79 Å². The number of amides is 1. The highest BCUT2D eigenvalue weighted by Crippen LogP contribution is 2.26. The molecular weight excluding hydrogens is 274 g/mol. The Morgan fingerprint density at radius 3 is 3.12 bits per heavy atom. The molecule has 2 rings (SSSR count). The predicted molar refractivity (Wildman–Crippen MR) is 73.2 cm³/mol. The number of thiophene rings is 1. The second-order valence-electron chi connectivity index (χ2n) is 3.19. The molecule has 2 aromatic rings. The van der Waals surface area contributed by atoms with E-state index in [2.05, 4.69) is 22.4 Å². The minimum absolute atomic E-state index is 0.130. The van der Waals surface area contributed by atoms with Crippen LogP contribution in [0.1, 0.15) is 23.7 Å². The number of hydrogen-bond acceptors (Lipinski definition) is 6. The van der Waals surface area contributed by atoms with Crippen molar-refractivity contribution in [3.8, 4) is 0 Å². The lowest BCUT2D eigenvalue weighted by molar-refractivity contribution is 0.102. The van der Waals surface area contributed by atoms with Gasteiger partial charge in [0.05, 0.1) is 5.56 Å². The largest absolute Gasteiger partial charge is 0.296 e. The second-order valence-corrected chi connectivity index (χ2v) is 6.29. The summed E-state index contributed by atoms with van der Waals surface area (Å²) >= 11 is 4.57. The maximum atomic E-state index is 11.7. The zero-order valence-electron chi connectivity index (χ0n) is 9.17. The third kappa shape index (κ3) is 3.52. The molecule has 0 aliphatic carbocycles. The van der Waals surface area contributed by atoms with Crippen LogP contribution in [0.15, 0.2) is 21.2 Å². The third-order valence-electron chi connectivity index (χ3n) is 1.84. The number of aromatic nitrogens is 2. The molecule has 0 unspecified atom stereocenters. The number of carbonyl (C=O) groups excluding carboxylic acids is 1. The Morgan fingerprint density at radius 1 is 1.53 bits per heavy atom. The number of nitrogens with zero attached hydrogens (tertiary/aromatic N) is 2. The molecule has 0 aliphatic heterocycles. The molecule has 0 fully saturated rings. The number of carbonyl (C=O) groups is 1.